The Bertz CT molecular complexity index is 386. The summed E-state index contributed by atoms with van der Waals surface area (Å²) >= 11 is 0. The molecule has 0 spiro atoms. The van der Waals surface area contributed by atoms with E-state index in [4.69, 9.17) is 5.73 Å². The van der Waals surface area contributed by atoms with E-state index in [1.165, 1.54) is 5.56 Å². The minimum absolute atomic E-state index is 0.0391. The van der Waals surface area contributed by atoms with Gasteiger partial charge in [0.15, 0.2) is 0 Å². The molecule has 3 N–H and O–H groups in total. The van der Waals surface area contributed by atoms with Crippen molar-refractivity contribution in [2.45, 2.75) is 25.3 Å². The minimum Gasteiger partial charge on any atom is -0.352 e. The van der Waals surface area contributed by atoms with Crippen LogP contribution in [0.5, 0.6) is 0 Å². The van der Waals surface area contributed by atoms with Crippen LogP contribution in [0.1, 0.15) is 18.4 Å². The third-order valence-corrected chi connectivity index (χ3v) is 3.70. The highest BCUT2D eigenvalue weighted by molar-refractivity contribution is 5.78. The second-order valence-corrected chi connectivity index (χ2v) is 5.12. The van der Waals surface area contributed by atoms with Gasteiger partial charge in [-0.1, -0.05) is 30.3 Å². The fourth-order valence-electron chi connectivity index (χ4n) is 2.52. The molecule has 1 heterocycles. The first-order valence-corrected chi connectivity index (χ1v) is 7.03. The van der Waals surface area contributed by atoms with Crippen LogP contribution >= 0.6 is 0 Å². The normalized spacial score (nSPS) is 17.3. The van der Waals surface area contributed by atoms with E-state index in [1.54, 1.807) is 0 Å². The van der Waals surface area contributed by atoms with Crippen LogP contribution in [-0.4, -0.2) is 43.0 Å². The molecule has 1 aromatic rings. The number of hydrogen-bond donors (Lipinski definition) is 2. The van der Waals surface area contributed by atoms with Gasteiger partial charge in [0.2, 0.25) is 5.91 Å². The van der Waals surface area contributed by atoms with Gasteiger partial charge in [-0.2, -0.15) is 0 Å². The highest BCUT2D eigenvalue weighted by Crippen LogP contribution is 2.11. The second-order valence-electron chi connectivity index (χ2n) is 5.12. The summed E-state index contributed by atoms with van der Waals surface area (Å²) in [6.45, 7) is 3.31. The van der Waals surface area contributed by atoms with Gasteiger partial charge in [0.25, 0.3) is 0 Å². The molecule has 0 radical (unpaired) electrons. The third kappa shape index (κ3) is 4.65. The molecule has 1 amide bonds. The van der Waals surface area contributed by atoms with Gasteiger partial charge in [-0.15, -0.1) is 0 Å². The van der Waals surface area contributed by atoms with Crippen molar-refractivity contribution in [1.82, 2.24) is 10.2 Å². The van der Waals surface area contributed by atoms with Crippen molar-refractivity contribution in [1.29, 1.82) is 0 Å². The lowest BCUT2D eigenvalue weighted by Crippen LogP contribution is -2.46. The summed E-state index contributed by atoms with van der Waals surface area (Å²) in [7, 11) is 0. The fourth-order valence-corrected chi connectivity index (χ4v) is 2.52. The molecule has 1 aliphatic rings. The summed E-state index contributed by atoms with van der Waals surface area (Å²) in [4.78, 5) is 13.7. The standard InChI is InChI=1S/C15H23N3O/c16-12-15(19)17-14-7-10-18(11-8-14)9-6-13-4-2-1-3-5-13/h1-5,14H,6-12,16H2,(H,17,19). The number of nitrogens with one attached hydrogen (secondary N) is 1. The van der Waals surface area contributed by atoms with Crippen molar-refractivity contribution < 1.29 is 4.79 Å². The molecular formula is C15H23N3O. The average Bonchev–Trinajstić information content (AvgIpc) is 2.47. The minimum atomic E-state index is -0.0391. The number of carbonyl (C=O) groups excluding carboxylic acids is 1. The Morgan fingerprint density at radius 2 is 1.95 bits per heavy atom. The Kier molecular flexibility index (Phi) is 5.36. The molecule has 0 aliphatic carbocycles. The first-order valence-electron chi connectivity index (χ1n) is 7.03. The molecule has 4 nitrogen and oxygen atoms in total. The molecule has 1 aromatic carbocycles. The van der Waals surface area contributed by atoms with E-state index in [9.17, 15) is 4.79 Å². The molecule has 0 unspecified atom stereocenters. The van der Waals surface area contributed by atoms with Gasteiger partial charge in [0.05, 0.1) is 6.54 Å². The zero-order valence-corrected chi connectivity index (χ0v) is 11.3. The summed E-state index contributed by atoms with van der Waals surface area (Å²) in [5.74, 6) is -0.0391. The average molecular weight is 261 g/mol. The maximum atomic E-state index is 11.2. The monoisotopic (exact) mass is 261 g/mol. The largest absolute Gasteiger partial charge is 0.352 e. The van der Waals surface area contributed by atoms with E-state index in [0.717, 1.165) is 38.9 Å². The van der Waals surface area contributed by atoms with Gasteiger partial charge >= 0.3 is 0 Å². The van der Waals surface area contributed by atoms with Gasteiger partial charge < -0.3 is 16.0 Å². The van der Waals surface area contributed by atoms with E-state index >= 15 is 0 Å². The number of piperidine rings is 1. The van der Waals surface area contributed by atoms with Crippen LogP contribution < -0.4 is 11.1 Å². The first kappa shape index (κ1) is 14.0. The SMILES string of the molecule is NCC(=O)NC1CCN(CCc2ccccc2)CC1. The molecule has 1 saturated heterocycles. The first-order chi connectivity index (χ1) is 9.28. The molecule has 1 fully saturated rings. The summed E-state index contributed by atoms with van der Waals surface area (Å²) < 4.78 is 0. The quantitative estimate of drug-likeness (QED) is 0.823. The lowest BCUT2D eigenvalue weighted by Gasteiger charge is -2.32. The smallest absolute Gasteiger partial charge is 0.233 e. The van der Waals surface area contributed by atoms with Crippen LogP contribution in [0.3, 0.4) is 0 Å². The van der Waals surface area contributed by atoms with Gasteiger partial charge in [-0.05, 0) is 24.8 Å². The maximum Gasteiger partial charge on any atom is 0.233 e. The van der Waals surface area contributed by atoms with Crippen LogP contribution in [0.2, 0.25) is 0 Å². The van der Waals surface area contributed by atoms with Crippen molar-refractivity contribution in [3.05, 3.63) is 35.9 Å². The molecule has 0 bridgehead atoms. The molecule has 0 atom stereocenters. The van der Waals surface area contributed by atoms with Crippen molar-refractivity contribution in [3.8, 4) is 0 Å². The number of benzene rings is 1. The van der Waals surface area contributed by atoms with Crippen molar-refractivity contribution >= 4 is 5.91 Å². The van der Waals surface area contributed by atoms with E-state index in [0.29, 0.717) is 6.04 Å². The summed E-state index contributed by atoms with van der Waals surface area (Å²) in [5, 5.41) is 2.97. The second kappa shape index (κ2) is 7.26. The topological polar surface area (TPSA) is 58.4 Å². The van der Waals surface area contributed by atoms with E-state index < -0.39 is 0 Å². The molecule has 19 heavy (non-hydrogen) atoms. The number of carbonyl (C=O) groups is 1. The summed E-state index contributed by atoms with van der Waals surface area (Å²) in [6.07, 6.45) is 3.15. The number of nitrogens with two attached hydrogens (primary N) is 1. The Hall–Kier alpha value is -1.39. The highest BCUT2D eigenvalue weighted by Gasteiger charge is 2.19. The molecule has 104 valence electrons. The Morgan fingerprint density at radius 1 is 1.26 bits per heavy atom. The van der Waals surface area contributed by atoms with Crippen LogP contribution in [-0.2, 0) is 11.2 Å². The predicted octanol–water partition coefficient (Wildman–Crippen LogP) is 0.768. The zero-order chi connectivity index (χ0) is 13.5. The highest BCUT2D eigenvalue weighted by atomic mass is 16.1. The van der Waals surface area contributed by atoms with E-state index in [1.807, 2.05) is 0 Å². The van der Waals surface area contributed by atoms with Gasteiger partial charge in [-0.25, -0.2) is 0 Å². The molecule has 1 aliphatic heterocycles. The molecule has 0 saturated carbocycles. The van der Waals surface area contributed by atoms with Crippen LogP contribution in [0.15, 0.2) is 30.3 Å². The Morgan fingerprint density at radius 3 is 2.58 bits per heavy atom. The van der Waals surface area contributed by atoms with Gasteiger partial charge in [0.1, 0.15) is 0 Å². The van der Waals surface area contributed by atoms with Crippen LogP contribution in [0, 0.1) is 0 Å². The molecule has 4 heteroatoms. The molecule has 2 rings (SSSR count). The van der Waals surface area contributed by atoms with Crippen LogP contribution in [0.4, 0.5) is 0 Å². The Balaban J connectivity index is 1.67. The number of rotatable bonds is 5. The van der Waals surface area contributed by atoms with E-state index in [2.05, 4.69) is 40.5 Å². The maximum absolute atomic E-state index is 11.2. The number of amides is 1. The number of nitrogens with zero attached hydrogens (tertiary/aromatic N) is 1. The summed E-state index contributed by atoms with van der Waals surface area (Å²) in [6, 6.07) is 10.9. The van der Waals surface area contributed by atoms with Gasteiger partial charge in [0, 0.05) is 25.7 Å². The third-order valence-electron chi connectivity index (χ3n) is 3.70. The Labute approximate surface area is 115 Å². The van der Waals surface area contributed by atoms with Crippen molar-refractivity contribution in [2.24, 2.45) is 5.73 Å². The fraction of sp³-hybridized carbons (Fsp3) is 0.533. The molecular weight excluding hydrogens is 238 g/mol. The van der Waals surface area contributed by atoms with Gasteiger partial charge in [-0.3, -0.25) is 4.79 Å². The van der Waals surface area contributed by atoms with E-state index in [-0.39, 0.29) is 12.5 Å². The zero-order valence-electron chi connectivity index (χ0n) is 11.3. The van der Waals surface area contributed by atoms with Crippen LogP contribution in [0.25, 0.3) is 0 Å². The number of likely N-dealkylation sites (tertiary alicyclic amines) is 1. The summed E-state index contributed by atoms with van der Waals surface area (Å²) in [5.41, 5.74) is 6.70. The van der Waals surface area contributed by atoms with Crippen molar-refractivity contribution in [2.75, 3.05) is 26.2 Å². The number of hydrogen-bond acceptors (Lipinski definition) is 3. The van der Waals surface area contributed by atoms with Crippen molar-refractivity contribution in [3.63, 3.8) is 0 Å². The molecule has 0 aromatic heterocycles. The lowest BCUT2D eigenvalue weighted by molar-refractivity contribution is -0.120. The lowest BCUT2D eigenvalue weighted by atomic mass is 10.0. The predicted molar refractivity (Wildman–Crippen MR) is 76.8 cm³/mol.